The number of hydrogen-bond acceptors (Lipinski definition) is 6. The van der Waals surface area contributed by atoms with Crippen molar-refractivity contribution in [3.63, 3.8) is 0 Å². The molecule has 2 amide bonds. The number of β-amino-alcohol motifs (C(OH)–C–C–N with tert-alkyl or cyclic N) is 1. The number of carboxylic acids is 1. The second-order valence-corrected chi connectivity index (χ2v) is 4.39. The Balaban J connectivity index is 2.05. The summed E-state index contributed by atoms with van der Waals surface area (Å²) in [6.45, 7) is 0.00896. The van der Waals surface area contributed by atoms with Crippen LogP contribution >= 0.6 is 11.5 Å². The third-order valence-electron chi connectivity index (χ3n) is 2.42. The lowest BCUT2D eigenvalue weighted by atomic mass is 10.2. The van der Waals surface area contributed by atoms with Gasteiger partial charge in [0.2, 0.25) is 0 Å². The predicted octanol–water partition coefficient (Wildman–Crippen LogP) is -0.410. The van der Waals surface area contributed by atoms with Gasteiger partial charge in [0.1, 0.15) is 11.0 Å². The maximum atomic E-state index is 11.8. The number of aromatic nitrogens is 2. The van der Waals surface area contributed by atoms with Crippen molar-refractivity contribution in [2.24, 2.45) is 0 Å². The van der Waals surface area contributed by atoms with Gasteiger partial charge in [-0.2, -0.15) is 0 Å². The highest BCUT2D eigenvalue weighted by molar-refractivity contribution is 7.10. The Morgan fingerprint density at radius 1 is 1.59 bits per heavy atom. The van der Waals surface area contributed by atoms with Gasteiger partial charge in [0.25, 0.3) is 0 Å². The second kappa shape index (κ2) is 4.63. The van der Waals surface area contributed by atoms with Crippen molar-refractivity contribution in [1.82, 2.24) is 14.5 Å². The maximum Gasteiger partial charge on any atom is 0.326 e. The Morgan fingerprint density at radius 2 is 2.35 bits per heavy atom. The summed E-state index contributed by atoms with van der Waals surface area (Å²) in [6, 6.07) is -1.56. The first-order valence-corrected chi connectivity index (χ1v) is 5.61. The highest BCUT2D eigenvalue weighted by Gasteiger charge is 2.39. The van der Waals surface area contributed by atoms with Crippen molar-refractivity contribution in [2.45, 2.75) is 18.6 Å². The lowest BCUT2D eigenvalue weighted by Crippen LogP contribution is -2.42. The van der Waals surface area contributed by atoms with E-state index in [0.29, 0.717) is 5.00 Å². The van der Waals surface area contributed by atoms with Crippen LogP contribution in [0.15, 0.2) is 6.20 Å². The Kier molecular flexibility index (Phi) is 3.20. The number of aliphatic carboxylic acids is 1. The van der Waals surface area contributed by atoms with Gasteiger partial charge in [-0.15, -0.1) is 5.10 Å². The van der Waals surface area contributed by atoms with Gasteiger partial charge in [0.15, 0.2) is 0 Å². The van der Waals surface area contributed by atoms with Gasteiger partial charge in [-0.25, -0.2) is 9.59 Å². The number of amides is 2. The average molecular weight is 258 g/mol. The zero-order valence-corrected chi connectivity index (χ0v) is 9.42. The first-order valence-electron chi connectivity index (χ1n) is 4.84. The number of likely N-dealkylation sites (tertiary alicyclic amines) is 1. The standard InChI is InChI=1S/C8H10N4O4S/c13-4-1-5(7(14)15)12(3-4)8(16)10-6-2-9-11-17-6/h2,4-5,13H,1,3H2,(H,10,16)(H,14,15)/t4?,5-/m0/s1. The molecule has 2 rings (SSSR count). The van der Waals surface area contributed by atoms with Crippen molar-refractivity contribution in [2.75, 3.05) is 11.9 Å². The van der Waals surface area contributed by atoms with E-state index in [-0.39, 0.29) is 13.0 Å². The van der Waals surface area contributed by atoms with Crippen LogP contribution in [0.3, 0.4) is 0 Å². The molecule has 8 nitrogen and oxygen atoms in total. The molecule has 17 heavy (non-hydrogen) atoms. The molecule has 0 aromatic carbocycles. The summed E-state index contributed by atoms with van der Waals surface area (Å²) in [5, 5.41) is 24.8. The van der Waals surface area contributed by atoms with E-state index in [0.717, 1.165) is 16.4 Å². The van der Waals surface area contributed by atoms with Crippen LogP contribution in [0.2, 0.25) is 0 Å². The number of hydrogen-bond donors (Lipinski definition) is 3. The van der Waals surface area contributed by atoms with Gasteiger partial charge < -0.3 is 15.1 Å². The Labute approximate surface area is 100 Å². The van der Waals surface area contributed by atoms with Crippen molar-refractivity contribution in [1.29, 1.82) is 0 Å². The first kappa shape index (κ1) is 11.7. The van der Waals surface area contributed by atoms with E-state index in [1.165, 1.54) is 6.20 Å². The normalized spacial score (nSPS) is 23.7. The summed E-state index contributed by atoms with van der Waals surface area (Å²) >= 11 is 0.991. The van der Waals surface area contributed by atoms with E-state index in [9.17, 15) is 14.7 Å². The van der Waals surface area contributed by atoms with E-state index in [2.05, 4.69) is 14.9 Å². The number of rotatable bonds is 2. The molecule has 0 spiro atoms. The van der Waals surface area contributed by atoms with Gasteiger partial charge in [0.05, 0.1) is 12.3 Å². The minimum absolute atomic E-state index is 0.00896. The average Bonchev–Trinajstić information content (AvgIpc) is 2.86. The summed E-state index contributed by atoms with van der Waals surface area (Å²) in [5.41, 5.74) is 0. The predicted molar refractivity (Wildman–Crippen MR) is 57.7 cm³/mol. The summed E-state index contributed by atoms with van der Waals surface area (Å²) in [5.74, 6) is -1.13. The number of carboxylic acid groups (broad SMARTS) is 1. The van der Waals surface area contributed by atoms with Crippen molar-refractivity contribution < 1.29 is 19.8 Å². The number of aliphatic hydroxyl groups excluding tert-OH is 1. The van der Waals surface area contributed by atoms with Crippen LogP contribution in [0.5, 0.6) is 0 Å². The van der Waals surface area contributed by atoms with Crippen molar-refractivity contribution in [3.8, 4) is 0 Å². The third-order valence-corrected chi connectivity index (χ3v) is 3.00. The lowest BCUT2D eigenvalue weighted by molar-refractivity contribution is -0.141. The summed E-state index contributed by atoms with van der Waals surface area (Å²) < 4.78 is 3.56. The van der Waals surface area contributed by atoms with Gasteiger partial charge in [-0.1, -0.05) is 4.49 Å². The molecule has 1 unspecified atom stereocenters. The molecule has 0 radical (unpaired) electrons. The van der Waals surface area contributed by atoms with Crippen LogP contribution in [0.4, 0.5) is 9.80 Å². The van der Waals surface area contributed by atoms with Gasteiger partial charge in [-0.05, 0) is 0 Å². The summed E-state index contributed by atoms with van der Waals surface area (Å²) in [7, 11) is 0. The Hall–Kier alpha value is -1.74. The summed E-state index contributed by atoms with van der Waals surface area (Å²) in [4.78, 5) is 23.8. The molecule has 9 heteroatoms. The molecule has 0 bridgehead atoms. The van der Waals surface area contributed by atoms with Gasteiger partial charge in [-0.3, -0.25) is 5.32 Å². The zero-order chi connectivity index (χ0) is 12.4. The number of carbonyl (C=O) groups excluding carboxylic acids is 1. The van der Waals surface area contributed by atoms with Crippen molar-refractivity contribution in [3.05, 3.63) is 6.20 Å². The molecule has 1 aromatic heterocycles. The fourth-order valence-electron chi connectivity index (χ4n) is 1.67. The number of aliphatic hydroxyl groups is 1. The molecule has 1 aliphatic heterocycles. The van der Waals surface area contributed by atoms with E-state index in [1.807, 2.05) is 0 Å². The first-order chi connectivity index (χ1) is 8.08. The van der Waals surface area contributed by atoms with E-state index < -0.39 is 24.1 Å². The second-order valence-electron chi connectivity index (χ2n) is 3.61. The molecule has 2 atom stereocenters. The smallest absolute Gasteiger partial charge is 0.326 e. The molecule has 1 fully saturated rings. The van der Waals surface area contributed by atoms with Crippen LogP contribution in [-0.4, -0.2) is 55.4 Å². The molecule has 92 valence electrons. The van der Waals surface area contributed by atoms with Crippen LogP contribution in [-0.2, 0) is 4.79 Å². The van der Waals surface area contributed by atoms with Crippen LogP contribution in [0, 0.1) is 0 Å². The van der Waals surface area contributed by atoms with Gasteiger partial charge in [0, 0.05) is 24.5 Å². The fourth-order valence-corrected chi connectivity index (χ4v) is 2.08. The topological polar surface area (TPSA) is 116 Å². The monoisotopic (exact) mass is 258 g/mol. The van der Waals surface area contributed by atoms with E-state index in [4.69, 9.17) is 5.11 Å². The van der Waals surface area contributed by atoms with E-state index in [1.54, 1.807) is 0 Å². The SMILES string of the molecule is O=C(O)[C@@H]1CC(O)CN1C(=O)Nc1cnns1. The van der Waals surface area contributed by atoms with Crippen LogP contribution in [0.1, 0.15) is 6.42 Å². The molecular weight excluding hydrogens is 248 g/mol. The summed E-state index contributed by atoms with van der Waals surface area (Å²) in [6.07, 6.45) is 0.607. The van der Waals surface area contributed by atoms with Crippen LogP contribution < -0.4 is 5.32 Å². The van der Waals surface area contributed by atoms with Gasteiger partial charge >= 0.3 is 12.0 Å². The number of urea groups is 1. The molecular formula is C8H10N4O4S. The molecule has 1 aliphatic rings. The fraction of sp³-hybridized carbons (Fsp3) is 0.500. The highest BCUT2D eigenvalue weighted by atomic mass is 32.1. The number of carbonyl (C=O) groups is 2. The molecule has 1 aromatic rings. The molecule has 0 saturated carbocycles. The molecule has 0 aliphatic carbocycles. The largest absolute Gasteiger partial charge is 0.480 e. The molecule has 3 N–H and O–H groups in total. The third kappa shape index (κ3) is 2.50. The molecule has 2 heterocycles. The van der Waals surface area contributed by atoms with Crippen LogP contribution in [0.25, 0.3) is 0 Å². The highest BCUT2D eigenvalue weighted by Crippen LogP contribution is 2.20. The zero-order valence-electron chi connectivity index (χ0n) is 8.61. The number of nitrogens with one attached hydrogen (secondary N) is 1. The lowest BCUT2D eigenvalue weighted by Gasteiger charge is -2.20. The van der Waals surface area contributed by atoms with E-state index >= 15 is 0 Å². The number of nitrogens with zero attached hydrogens (tertiary/aromatic N) is 3. The minimum atomic E-state index is -1.13. The maximum absolute atomic E-state index is 11.8. The molecule has 1 saturated heterocycles. The number of anilines is 1. The van der Waals surface area contributed by atoms with Crippen molar-refractivity contribution >= 4 is 28.5 Å². The minimum Gasteiger partial charge on any atom is -0.480 e. The Morgan fingerprint density at radius 3 is 2.94 bits per heavy atom. The Bertz CT molecular complexity index is 423. The quantitative estimate of drug-likeness (QED) is 0.664.